The van der Waals surface area contributed by atoms with Crippen molar-refractivity contribution in [3.8, 4) is 5.69 Å². The Bertz CT molecular complexity index is 824. The summed E-state index contributed by atoms with van der Waals surface area (Å²) in [7, 11) is 0. The fourth-order valence-electron chi connectivity index (χ4n) is 2.39. The first-order valence-corrected chi connectivity index (χ1v) is 7.16. The van der Waals surface area contributed by atoms with Crippen molar-refractivity contribution in [3.05, 3.63) is 59.9 Å². The molecular formula is C17H17N3O2. The van der Waals surface area contributed by atoms with E-state index in [4.69, 9.17) is 10.5 Å². The largest absolute Gasteiger partial charge is 0.462 e. The molecule has 1 heterocycles. The minimum Gasteiger partial charge on any atom is -0.462 e. The molecule has 0 saturated carbocycles. The van der Waals surface area contributed by atoms with E-state index in [-0.39, 0.29) is 5.97 Å². The normalized spacial score (nSPS) is 10.8. The molecular weight excluding hydrogens is 278 g/mol. The first-order valence-electron chi connectivity index (χ1n) is 7.16. The fraction of sp³-hybridized carbons (Fsp3) is 0.176. The van der Waals surface area contributed by atoms with Gasteiger partial charge >= 0.3 is 5.97 Å². The molecule has 0 bridgehead atoms. The number of benzene rings is 2. The Morgan fingerprint density at radius 2 is 2.14 bits per heavy atom. The molecule has 0 spiro atoms. The third kappa shape index (κ3) is 2.58. The molecule has 0 aliphatic heterocycles. The van der Waals surface area contributed by atoms with Crippen molar-refractivity contribution < 1.29 is 9.53 Å². The van der Waals surface area contributed by atoms with Crippen molar-refractivity contribution in [2.45, 2.75) is 13.5 Å². The van der Waals surface area contributed by atoms with Gasteiger partial charge in [0.2, 0.25) is 0 Å². The number of hydrogen-bond acceptors (Lipinski definition) is 4. The van der Waals surface area contributed by atoms with Gasteiger partial charge in [0.05, 0.1) is 23.2 Å². The van der Waals surface area contributed by atoms with E-state index in [9.17, 15) is 4.79 Å². The van der Waals surface area contributed by atoms with Crippen LogP contribution in [0.4, 0.5) is 0 Å². The Labute approximate surface area is 128 Å². The van der Waals surface area contributed by atoms with Crippen molar-refractivity contribution in [3.63, 3.8) is 0 Å². The number of hydrogen-bond donors (Lipinski definition) is 1. The summed E-state index contributed by atoms with van der Waals surface area (Å²) in [6.07, 6.45) is 1.75. The van der Waals surface area contributed by atoms with Crippen molar-refractivity contribution in [1.82, 2.24) is 9.55 Å². The van der Waals surface area contributed by atoms with E-state index in [1.807, 2.05) is 34.9 Å². The van der Waals surface area contributed by atoms with E-state index in [1.54, 1.807) is 25.4 Å². The Kier molecular flexibility index (Phi) is 3.89. The third-order valence-electron chi connectivity index (χ3n) is 3.48. The predicted molar refractivity (Wildman–Crippen MR) is 84.9 cm³/mol. The van der Waals surface area contributed by atoms with Gasteiger partial charge in [-0.2, -0.15) is 0 Å². The number of ether oxygens (including phenoxy) is 1. The van der Waals surface area contributed by atoms with Crippen LogP contribution in [-0.4, -0.2) is 22.1 Å². The van der Waals surface area contributed by atoms with E-state index in [0.29, 0.717) is 18.7 Å². The summed E-state index contributed by atoms with van der Waals surface area (Å²) in [5.74, 6) is -0.330. The SMILES string of the molecule is CCOC(=O)c1ccc2c(c1)ncn2-c1cccc(CN)c1. The number of aromatic nitrogens is 2. The van der Waals surface area contributed by atoms with E-state index in [1.165, 1.54) is 0 Å². The molecule has 22 heavy (non-hydrogen) atoms. The van der Waals surface area contributed by atoms with Crippen LogP contribution in [0.25, 0.3) is 16.7 Å². The Balaban J connectivity index is 2.03. The molecule has 0 fully saturated rings. The molecule has 112 valence electrons. The van der Waals surface area contributed by atoms with Crippen LogP contribution in [0.2, 0.25) is 0 Å². The van der Waals surface area contributed by atoms with Gasteiger partial charge in [-0.15, -0.1) is 0 Å². The average molecular weight is 295 g/mol. The highest BCUT2D eigenvalue weighted by Gasteiger charge is 2.10. The first-order chi connectivity index (χ1) is 10.7. The van der Waals surface area contributed by atoms with E-state index < -0.39 is 0 Å². The van der Waals surface area contributed by atoms with Gasteiger partial charge in [-0.3, -0.25) is 4.57 Å². The molecule has 5 heteroatoms. The zero-order valence-corrected chi connectivity index (χ0v) is 12.3. The Morgan fingerprint density at radius 1 is 1.27 bits per heavy atom. The van der Waals surface area contributed by atoms with Gasteiger partial charge in [-0.25, -0.2) is 9.78 Å². The smallest absolute Gasteiger partial charge is 0.338 e. The van der Waals surface area contributed by atoms with Crippen molar-refractivity contribution >= 4 is 17.0 Å². The summed E-state index contributed by atoms with van der Waals surface area (Å²) in [6, 6.07) is 13.4. The predicted octanol–water partition coefficient (Wildman–Crippen LogP) is 2.66. The van der Waals surface area contributed by atoms with E-state index >= 15 is 0 Å². The summed E-state index contributed by atoms with van der Waals surface area (Å²) < 4.78 is 6.99. The molecule has 0 aliphatic rings. The first kappa shape index (κ1) is 14.3. The minimum atomic E-state index is -0.330. The number of rotatable bonds is 4. The monoisotopic (exact) mass is 295 g/mol. The maximum Gasteiger partial charge on any atom is 0.338 e. The quantitative estimate of drug-likeness (QED) is 0.751. The van der Waals surface area contributed by atoms with Crippen LogP contribution in [0.3, 0.4) is 0 Å². The lowest BCUT2D eigenvalue weighted by molar-refractivity contribution is 0.0526. The van der Waals surface area contributed by atoms with Gasteiger partial charge in [0.1, 0.15) is 6.33 Å². The Morgan fingerprint density at radius 3 is 2.91 bits per heavy atom. The second kappa shape index (κ2) is 5.99. The second-order valence-corrected chi connectivity index (χ2v) is 4.91. The lowest BCUT2D eigenvalue weighted by atomic mass is 10.2. The number of carbonyl (C=O) groups is 1. The van der Waals surface area contributed by atoms with Crippen LogP contribution in [0.15, 0.2) is 48.8 Å². The highest BCUT2D eigenvalue weighted by Crippen LogP contribution is 2.20. The van der Waals surface area contributed by atoms with Gasteiger partial charge in [-0.05, 0) is 42.8 Å². The number of nitrogens with zero attached hydrogens (tertiary/aromatic N) is 2. The van der Waals surface area contributed by atoms with E-state index in [0.717, 1.165) is 22.3 Å². The van der Waals surface area contributed by atoms with Gasteiger partial charge in [0.25, 0.3) is 0 Å². The summed E-state index contributed by atoms with van der Waals surface area (Å²) in [4.78, 5) is 16.2. The number of nitrogens with two attached hydrogens (primary N) is 1. The summed E-state index contributed by atoms with van der Waals surface area (Å²) in [5.41, 5.74) is 9.94. The molecule has 3 rings (SSSR count). The minimum absolute atomic E-state index is 0.330. The van der Waals surface area contributed by atoms with Crippen LogP contribution in [0.5, 0.6) is 0 Å². The zero-order valence-electron chi connectivity index (χ0n) is 12.3. The van der Waals surface area contributed by atoms with Crippen LogP contribution in [0, 0.1) is 0 Å². The number of fused-ring (bicyclic) bond motifs is 1. The molecule has 2 N–H and O–H groups in total. The van der Waals surface area contributed by atoms with Crippen LogP contribution in [0.1, 0.15) is 22.8 Å². The summed E-state index contributed by atoms with van der Waals surface area (Å²) in [5, 5.41) is 0. The van der Waals surface area contributed by atoms with Crippen LogP contribution in [-0.2, 0) is 11.3 Å². The van der Waals surface area contributed by atoms with Crippen molar-refractivity contribution in [2.75, 3.05) is 6.61 Å². The molecule has 2 aromatic carbocycles. The van der Waals surface area contributed by atoms with Gasteiger partial charge in [0.15, 0.2) is 0 Å². The number of imidazole rings is 1. The zero-order chi connectivity index (χ0) is 15.5. The maximum atomic E-state index is 11.8. The highest BCUT2D eigenvalue weighted by molar-refractivity contribution is 5.93. The molecule has 0 saturated heterocycles. The molecule has 1 aromatic heterocycles. The molecule has 0 atom stereocenters. The molecule has 3 aromatic rings. The van der Waals surface area contributed by atoms with Crippen molar-refractivity contribution in [2.24, 2.45) is 5.73 Å². The van der Waals surface area contributed by atoms with Crippen LogP contribution < -0.4 is 5.73 Å². The topological polar surface area (TPSA) is 70.1 Å². The molecule has 5 nitrogen and oxygen atoms in total. The summed E-state index contributed by atoms with van der Waals surface area (Å²) in [6.45, 7) is 2.64. The molecule has 0 aliphatic carbocycles. The number of esters is 1. The highest BCUT2D eigenvalue weighted by atomic mass is 16.5. The maximum absolute atomic E-state index is 11.8. The molecule has 0 unspecified atom stereocenters. The summed E-state index contributed by atoms with van der Waals surface area (Å²) >= 11 is 0. The van der Waals surface area contributed by atoms with Gasteiger partial charge in [-0.1, -0.05) is 12.1 Å². The van der Waals surface area contributed by atoms with Crippen LogP contribution >= 0.6 is 0 Å². The molecule has 0 radical (unpaired) electrons. The van der Waals surface area contributed by atoms with Gasteiger partial charge in [0, 0.05) is 12.2 Å². The fourth-order valence-corrected chi connectivity index (χ4v) is 2.39. The second-order valence-electron chi connectivity index (χ2n) is 4.91. The third-order valence-corrected chi connectivity index (χ3v) is 3.48. The lowest BCUT2D eigenvalue weighted by Crippen LogP contribution is -2.04. The lowest BCUT2D eigenvalue weighted by Gasteiger charge is -2.07. The average Bonchev–Trinajstić information content (AvgIpc) is 2.98. The Hall–Kier alpha value is -2.66. The van der Waals surface area contributed by atoms with Gasteiger partial charge < -0.3 is 10.5 Å². The molecule has 0 amide bonds. The number of carbonyl (C=O) groups excluding carboxylic acids is 1. The van der Waals surface area contributed by atoms with Crippen molar-refractivity contribution in [1.29, 1.82) is 0 Å². The standard InChI is InChI=1S/C17H17N3O2/c1-2-22-17(21)13-6-7-16-15(9-13)19-11-20(16)14-5-3-4-12(8-14)10-18/h3-9,11H,2,10,18H2,1H3. The van der Waals surface area contributed by atoms with E-state index in [2.05, 4.69) is 4.98 Å².